The van der Waals surface area contributed by atoms with Gasteiger partial charge in [0.25, 0.3) is 11.6 Å². The highest BCUT2D eigenvalue weighted by Gasteiger charge is 2.17. The van der Waals surface area contributed by atoms with Gasteiger partial charge in [0.15, 0.2) is 5.69 Å². The van der Waals surface area contributed by atoms with Crippen LogP contribution in [-0.4, -0.2) is 21.0 Å². The second-order valence-corrected chi connectivity index (χ2v) is 5.33. The Hall–Kier alpha value is -3.29. The molecule has 1 amide bonds. The molecule has 0 spiro atoms. The molecule has 0 aliphatic carbocycles. The number of amides is 1. The van der Waals surface area contributed by atoms with Crippen molar-refractivity contribution in [2.45, 2.75) is 13.5 Å². The van der Waals surface area contributed by atoms with E-state index in [1.165, 1.54) is 24.3 Å². The van der Waals surface area contributed by atoms with Crippen molar-refractivity contribution in [3.05, 3.63) is 69.2 Å². The van der Waals surface area contributed by atoms with Crippen LogP contribution in [0.4, 0.5) is 10.1 Å². The van der Waals surface area contributed by atoms with Gasteiger partial charge in [0.2, 0.25) is 0 Å². The van der Waals surface area contributed by atoms with Crippen molar-refractivity contribution in [3.8, 4) is 0 Å². The molecule has 2 aromatic carbocycles. The van der Waals surface area contributed by atoms with Crippen molar-refractivity contribution in [2.75, 3.05) is 0 Å². The number of halogens is 1. The second-order valence-electron chi connectivity index (χ2n) is 5.33. The van der Waals surface area contributed by atoms with Crippen LogP contribution in [0.2, 0.25) is 0 Å². The summed E-state index contributed by atoms with van der Waals surface area (Å²) in [5.41, 5.74) is 1.72. The topological polar surface area (TPSA) is 101 Å². The number of H-pyrrole nitrogens is 1. The fourth-order valence-electron chi connectivity index (χ4n) is 2.37. The van der Waals surface area contributed by atoms with Crippen LogP contribution in [0.25, 0.3) is 10.9 Å². The van der Waals surface area contributed by atoms with Crippen LogP contribution in [0.5, 0.6) is 0 Å². The molecule has 0 saturated heterocycles. The second kappa shape index (κ2) is 6.07. The average Bonchev–Trinajstić information content (AvgIpc) is 2.98. The summed E-state index contributed by atoms with van der Waals surface area (Å²) in [7, 11) is 0. The van der Waals surface area contributed by atoms with Gasteiger partial charge < -0.3 is 5.32 Å². The number of carbonyl (C=O) groups excluding carboxylic acids is 1. The van der Waals surface area contributed by atoms with Crippen LogP contribution in [0.15, 0.2) is 36.4 Å². The van der Waals surface area contributed by atoms with E-state index < -0.39 is 10.8 Å². The normalized spacial score (nSPS) is 10.8. The number of aromatic nitrogens is 2. The number of hydrogen-bond donors (Lipinski definition) is 2. The van der Waals surface area contributed by atoms with E-state index in [-0.39, 0.29) is 23.7 Å². The number of hydrogen-bond acceptors (Lipinski definition) is 4. The number of aryl methyl sites for hydroxylation is 1. The van der Waals surface area contributed by atoms with Gasteiger partial charge in [-0.2, -0.15) is 5.10 Å². The number of nitro benzene ring substituents is 1. The molecule has 8 heteroatoms. The molecule has 0 radical (unpaired) electrons. The Morgan fingerprint density at radius 1 is 1.33 bits per heavy atom. The number of aromatic amines is 1. The van der Waals surface area contributed by atoms with Crippen LogP contribution in [0.3, 0.4) is 0 Å². The standard InChI is InChI=1S/C16H13FN4O3/c1-9-6-10(2-4-13(9)17)8-18-16(22)15-12-7-11(21(23)24)3-5-14(12)19-20-15/h2-7H,8H2,1H3,(H,18,22)(H,19,20). The number of nitro groups is 1. The third-order valence-corrected chi connectivity index (χ3v) is 3.65. The van der Waals surface area contributed by atoms with Crippen molar-refractivity contribution < 1.29 is 14.1 Å². The van der Waals surface area contributed by atoms with Gasteiger partial charge in [-0.05, 0) is 30.2 Å². The Morgan fingerprint density at radius 3 is 2.83 bits per heavy atom. The Morgan fingerprint density at radius 2 is 2.12 bits per heavy atom. The fourth-order valence-corrected chi connectivity index (χ4v) is 2.37. The summed E-state index contributed by atoms with van der Waals surface area (Å²) >= 11 is 0. The molecule has 24 heavy (non-hydrogen) atoms. The van der Waals surface area contributed by atoms with Gasteiger partial charge in [0.1, 0.15) is 5.82 Å². The molecule has 0 unspecified atom stereocenters. The zero-order valence-corrected chi connectivity index (χ0v) is 12.7. The molecule has 122 valence electrons. The van der Waals surface area contributed by atoms with E-state index in [0.717, 1.165) is 5.56 Å². The van der Waals surface area contributed by atoms with E-state index in [9.17, 15) is 19.3 Å². The van der Waals surface area contributed by atoms with Crippen molar-refractivity contribution >= 4 is 22.5 Å². The van der Waals surface area contributed by atoms with E-state index in [1.54, 1.807) is 19.1 Å². The fraction of sp³-hybridized carbons (Fsp3) is 0.125. The molecule has 7 nitrogen and oxygen atoms in total. The van der Waals surface area contributed by atoms with Crippen LogP contribution in [0, 0.1) is 22.9 Å². The minimum atomic E-state index is -0.532. The number of benzene rings is 2. The molecule has 0 atom stereocenters. The van der Waals surface area contributed by atoms with Gasteiger partial charge >= 0.3 is 0 Å². The van der Waals surface area contributed by atoms with Gasteiger partial charge in [0.05, 0.1) is 10.4 Å². The molecule has 1 heterocycles. The highest BCUT2D eigenvalue weighted by Crippen LogP contribution is 2.22. The Kier molecular flexibility index (Phi) is 3.95. The monoisotopic (exact) mass is 328 g/mol. The largest absolute Gasteiger partial charge is 0.347 e. The summed E-state index contributed by atoms with van der Waals surface area (Å²) in [5.74, 6) is -0.778. The maximum Gasteiger partial charge on any atom is 0.272 e. The Balaban J connectivity index is 1.82. The summed E-state index contributed by atoms with van der Waals surface area (Å²) in [6.07, 6.45) is 0. The highest BCUT2D eigenvalue weighted by atomic mass is 19.1. The first-order valence-electron chi connectivity index (χ1n) is 7.11. The number of carbonyl (C=O) groups is 1. The summed E-state index contributed by atoms with van der Waals surface area (Å²) < 4.78 is 13.2. The van der Waals surface area contributed by atoms with Gasteiger partial charge in [-0.15, -0.1) is 0 Å². The number of fused-ring (bicyclic) bond motifs is 1. The summed E-state index contributed by atoms with van der Waals surface area (Å²) in [4.78, 5) is 22.6. The predicted octanol–water partition coefficient (Wildman–Crippen LogP) is 2.85. The molecule has 0 saturated carbocycles. The molecular weight excluding hydrogens is 315 g/mol. The number of nitrogens with zero attached hydrogens (tertiary/aromatic N) is 2. The Bertz CT molecular complexity index is 952. The zero-order valence-electron chi connectivity index (χ0n) is 12.7. The minimum absolute atomic E-state index is 0.0764. The maximum absolute atomic E-state index is 13.2. The van der Waals surface area contributed by atoms with E-state index in [1.807, 2.05) is 0 Å². The first-order chi connectivity index (χ1) is 11.5. The molecular formula is C16H13FN4O3. The molecule has 0 bridgehead atoms. The van der Waals surface area contributed by atoms with E-state index in [0.29, 0.717) is 16.5 Å². The lowest BCUT2D eigenvalue weighted by Gasteiger charge is -2.05. The third kappa shape index (κ3) is 2.94. The molecule has 0 aliphatic rings. The predicted molar refractivity (Wildman–Crippen MR) is 85.1 cm³/mol. The first kappa shape index (κ1) is 15.6. The van der Waals surface area contributed by atoms with Crippen LogP contribution in [-0.2, 0) is 6.54 Å². The van der Waals surface area contributed by atoms with Crippen LogP contribution in [0.1, 0.15) is 21.6 Å². The molecule has 3 aromatic rings. The van der Waals surface area contributed by atoms with Gasteiger partial charge in [-0.1, -0.05) is 12.1 Å². The lowest BCUT2D eigenvalue weighted by Crippen LogP contribution is -2.23. The number of rotatable bonds is 4. The summed E-state index contributed by atoms with van der Waals surface area (Å²) in [6, 6.07) is 8.70. The number of nitrogens with one attached hydrogen (secondary N) is 2. The SMILES string of the molecule is Cc1cc(CNC(=O)c2n[nH]c3ccc([N+](=O)[O-])cc23)ccc1F. The van der Waals surface area contributed by atoms with E-state index in [4.69, 9.17) is 0 Å². The Labute approximate surface area is 135 Å². The zero-order chi connectivity index (χ0) is 17.3. The molecule has 2 N–H and O–H groups in total. The smallest absolute Gasteiger partial charge is 0.272 e. The minimum Gasteiger partial charge on any atom is -0.347 e. The quantitative estimate of drug-likeness (QED) is 0.568. The maximum atomic E-state index is 13.2. The first-order valence-corrected chi connectivity index (χ1v) is 7.11. The van der Waals surface area contributed by atoms with Crippen LogP contribution >= 0.6 is 0 Å². The lowest BCUT2D eigenvalue weighted by molar-refractivity contribution is -0.384. The number of non-ortho nitro benzene ring substituents is 1. The van der Waals surface area contributed by atoms with Crippen molar-refractivity contribution in [1.82, 2.24) is 15.5 Å². The van der Waals surface area contributed by atoms with Crippen molar-refractivity contribution in [3.63, 3.8) is 0 Å². The summed E-state index contributed by atoms with van der Waals surface area (Å²) in [5, 5.41) is 20.5. The van der Waals surface area contributed by atoms with Crippen molar-refractivity contribution in [2.24, 2.45) is 0 Å². The van der Waals surface area contributed by atoms with Crippen LogP contribution < -0.4 is 5.32 Å². The molecule has 3 rings (SSSR count). The van der Waals surface area contributed by atoms with E-state index in [2.05, 4.69) is 15.5 Å². The van der Waals surface area contributed by atoms with Gasteiger partial charge in [0, 0.05) is 24.1 Å². The molecule has 0 fully saturated rings. The van der Waals surface area contributed by atoms with Crippen molar-refractivity contribution in [1.29, 1.82) is 0 Å². The molecule has 1 aromatic heterocycles. The third-order valence-electron chi connectivity index (χ3n) is 3.65. The van der Waals surface area contributed by atoms with Gasteiger partial charge in [-0.25, -0.2) is 4.39 Å². The average molecular weight is 328 g/mol. The highest BCUT2D eigenvalue weighted by molar-refractivity contribution is 6.05. The summed E-state index contributed by atoms with van der Waals surface area (Å²) in [6.45, 7) is 1.84. The van der Waals surface area contributed by atoms with E-state index >= 15 is 0 Å². The molecule has 0 aliphatic heterocycles. The lowest BCUT2D eigenvalue weighted by atomic mass is 10.1. The van der Waals surface area contributed by atoms with Gasteiger partial charge in [-0.3, -0.25) is 20.0 Å².